The predicted octanol–water partition coefficient (Wildman–Crippen LogP) is 3.02. The number of aliphatic hydroxyl groups is 1. The summed E-state index contributed by atoms with van der Waals surface area (Å²) in [7, 11) is 1.42. The summed E-state index contributed by atoms with van der Waals surface area (Å²) < 4.78 is 50.4. The average molecular weight is 467 g/mol. The van der Waals surface area contributed by atoms with Gasteiger partial charge in [-0.05, 0) is 63.7 Å². The first-order valence-corrected chi connectivity index (χ1v) is 11.6. The first-order chi connectivity index (χ1) is 15.3. The zero-order valence-corrected chi connectivity index (χ0v) is 19.7. The van der Waals surface area contributed by atoms with E-state index in [-0.39, 0.29) is 36.6 Å². The monoisotopic (exact) mass is 466 g/mol. The fourth-order valence-electron chi connectivity index (χ4n) is 8.04. The van der Waals surface area contributed by atoms with Gasteiger partial charge in [-0.2, -0.15) is 0 Å². The molecular formula is C25H32F2O6. The largest absolute Gasteiger partial charge is 0.390 e. The maximum Gasteiger partial charge on any atom is 0.193 e. The molecule has 0 bridgehead atoms. The maximum absolute atomic E-state index is 17.2. The third kappa shape index (κ3) is 2.61. The van der Waals surface area contributed by atoms with Crippen molar-refractivity contribution in [2.75, 3.05) is 13.7 Å². The number of ketones is 2. The summed E-state index contributed by atoms with van der Waals surface area (Å²) in [6, 6.07) is 0. The van der Waals surface area contributed by atoms with Crippen LogP contribution in [0.15, 0.2) is 23.8 Å². The molecule has 4 fully saturated rings. The molecule has 182 valence electrons. The number of rotatable bonds is 3. The molecule has 1 heterocycles. The molecule has 5 rings (SSSR count). The van der Waals surface area contributed by atoms with Gasteiger partial charge in [-0.15, -0.1) is 0 Å². The Kier molecular flexibility index (Phi) is 4.80. The second-order valence-corrected chi connectivity index (χ2v) is 11.3. The summed E-state index contributed by atoms with van der Waals surface area (Å²) in [5.74, 6) is -3.11. The molecular weight excluding hydrogens is 434 g/mol. The molecule has 1 aliphatic heterocycles. The van der Waals surface area contributed by atoms with E-state index in [1.54, 1.807) is 20.8 Å². The molecule has 4 aliphatic carbocycles. The highest BCUT2D eigenvalue weighted by Crippen LogP contribution is 2.72. The van der Waals surface area contributed by atoms with Gasteiger partial charge in [0.2, 0.25) is 0 Å². The number of alkyl halides is 2. The number of halogens is 2. The summed E-state index contributed by atoms with van der Waals surface area (Å²) in [5.41, 5.74) is -6.02. The van der Waals surface area contributed by atoms with Crippen molar-refractivity contribution in [3.8, 4) is 0 Å². The zero-order chi connectivity index (χ0) is 24.2. The van der Waals surface area contributed by atoms with Crippen LogP contribution < -0.4 is 0 Å². The third-order valence-electron chi connectivity index (χ3n) is 9.31. The second-order valence-electron chi connectivity index (χ2n) is 11.3. The Labute approximate surface area is 192 Å². The Balaban J connectivity index is 1.65. The summed E-state index contributed by atoms with van der Waals surface area (Å²) in [6.07, 6.45) is 0.213. The van der Waals surface area contributed by atoms with Crippen LogP contribution >= 0.6 is 0 Å². The SMILES string of the molecule is COCC(=O)C12OC(C)(C)OC1CC1C3CC(F)C4=CC(=O)C=CC4(C)C3(F)C(O)CC12C. The molecule has 9 atom stereocenters. The van der Waals surface area contributed by atoms with Gasteiger partial charge < -0.3 is 19.3 Å². The molecule has 9 unspecified atom stereocenters. The van der Waals surface area contributed by atoms with Crippen LogP contribution in [0.4, 0.5) is 8.78 Å². The Morgan fingerprint density at radius 3 is 2.61 bits per heavy atom. The van der Waals surface area contributed by atoms with Crippen molar-refractivity contribution in [1.82, 2.24) is 0 Å². The lowest BCUT2D eigenvalue weighted by molar-refractivity contribution is -0.249. The summed E-state index contributed by atoms with van der Waals surface area (Å²) in [6.45, 7) is 6.64. The molecule has 0 aromatic carbocycles. The number of hydrogen-bond donors (Lipinski definition) is 1. The van der Waals surface area contributed by atoms with Crippen molar-refractivity contribution in [3.63, 3.8) is 0 Å². The molecule has 5 aliphatic rings. The van der Waals surface area contributed by atoms with Gasteiger partial charge in [0.1, 0.15) is 12.8 Å². The molecule has 1 saturated heterocycles. The van der Waals surface area contributed by atoms with E-state index >= 15 is 8.78 Å². The third-order valence-corrected chi connectivity index (χ3v) is 9.31. The number of aliphatic hydroxyl groups excluding tert-OH is 1. The minimum Gasteiger partial charge on any atom is -0.390 e. The van der Waals surface area contributed by atoms with Gasteiger partial charge in [-0.3, -0.25) is 9.59 Å². The van der Waals surface area contributed by atoms with Gasteiger partial charge in [0.05, 0.1) is 12.2 Å². The van der Waals surface area contributed by atoms with Crippen molar-refractivity contribution in [3.05, 3.63) is 23.8 Å². The number of methoxy groups -OCH3 is 1. The standard InChI is InChI=1S/C25H32F2O6/c1-21(2)32-20-10-14-15-9-17(26)16-8-13(28)6-7-22(16,3)24(15,27)18(29)11-23(14,4)25(20,33-21)19(30)12-31-5/h6-8,14-15,17-18,20,29H,9-12H2,1-5H3. The van der Waals surface area contributed by atoms with Crippen molar-refractivity contribution in [2.45, 2.75) is 82.4 Å². The first-order valence-electron chi connectivity index (χ1n) is 11.6. The summed E-state index contributed by atoms with van der Waals surface area (Å²) in [5, 5.41) is 11.4. The van der Waals surface area contributed by atoms with E-state index in [1.807, 2.05) is 6.92 Å². The van der Waals surface area contributed by atoms with Gasteiger partial charge in [-0.25, -0.2) is 8.78 Å². The molecule has 6 nitrogen and oxygen atoms in total. The van der Waals surface area contributed by atoms with Crippen molar-refractivity contribution >= 4 is 11.6 Å². The molecule has 1 N–H and O–H groups in total. The molecule has 0 amide bonds. The number of ether oxygens (including phenoxy) is 3. The minimum absolute atomic E-state index is 0.0579. The Morgan fingerprint density at radius 1 is 1.24 bits per heavy atom. The normalized spacial score (nSPS) is 51.9. The van der Waals surface area contributed by atoms with Gasteiger partial charge in [0.15, 0.2) is 28.6 Å². The van der Waals surface area contributed by atoms with E-state index in [1.165, 1.54) is 25.3 Å². The van der Waals surface area contributed by atoms with Crippen LogP contribution in [-0.2, 0) is 23.8 Å². The number of allylic oxidation sites excluding steroid dienone is 4. The number of carbonyl (C=O) groups is 2. The highest BCUT2D eigenvalue weighted by molar-refractivity contribution is 6.01. The topological polar surface area (TPSA) is 82.1 Å². The van der Waals surface area contributed by atoms with E-state index in [4.69, 9.17) is 14.2 Å². The number of hydrogen-bond acceptors (Lipinski definition) is 6. The summed E-state index contributed by atoms with van der Waals surface area (Å²) >= 11 is 0. The van der Waals surface area contributed by atoms with E-state index < -0.39 is 58.1 Å². The molecule has 33 heavy (non-hydrogen) atoms. The van der Waals surface area contributed by atoms with Gasteiger partial charge >= 0.3 is 0 Å². The maximum atomic E-state index is 17.2. The van der Waals surface area contributed by atoms with Crippen LogP contribution in [0.3, 0.4) is 0 Å². The second kappa shape index (κ2) is 6.80. The molecule has 3 saturated carbocycles. The van der Waals surface area contributed by atoms with Crippen molar-refractivity contribution in [2.24, 2.45) is 22.7 Å². The quantitative estimate of drug-likeness (QED) is 0.689. The number of Topliss-reactive ketones (excluding diaryl/α,β-unsaturated/α-hetero) is 1. The predicted molar refractivity (Wildman–Crippen MR) is 114 cm³/mol. The molecule has 8 heteroatoms. The highest BCUT2D eigenvalue weighted by Gasteiger charge is 2.80. The van der Waals surface area contributed by atoms with E-state index in [2.05, 4.69) is 0 Å². The van der Waals surface area contributed by atoms with E-state index in [0.29, 0.717) is 6.42 Å². The van der Waals surface area contributed by atoms with Crippen molar-refractivity contribution < 1.29 is 37.7 Å². The van der Waals surface area contributed by atoms with E-state index in [9.17, 15) is 14.7 Å². The fraction of sp³-hybridized carbons (Fsp3) is 0.760. The number of fused-ring (bicyclic) bond motifs is 7. The first kappa shape index (κ1) is 23.3. The lowest BCUT2D eigenvalue weighted by atomic mass is 9.44. The lowest BCUT2D eigenvalue weighted by Crippen LogP contribution is -2.71. The van der Waals surface area contributed by atoms with Crippen LogP contribution in [-0.4, -0.2) is 65.8 Å². The Bertz CT molecular complexity index is 976. The van der Waals surface area contributed by atoms with E-state index in [0.717, 1.165) is 0 Å². The average Bonchev–Trinajstić information content (AvgIpc) is 3.13. The smallest absolute Gasteiger partial charge is 0.193 e. The van der Waals surface area contributed by atoms with Crippen LogP contribution in [0.25, 0.3) is 0 Å². The zero-order valence-electron chi connectivity index (χ0n) is 19.7. The Hall–Kier alpha value is -1.48. The lowest BCUT2D eigenvalue weighted by Gasteiger charge is -2.63. The van der Waals surface area contributed by atoms with Gasteiger partial charge in [0.25, 0.3) is 0 Å². The van der Waals surface area contributed by atoms with Crippen LogP contribution in [0.5, 0.6) is 0 Å². The van der Waals surface area contributed by atoms with Crippen LogP contribution in [0.1, 0.15) is 47.0 Å². The van der Waals surface area contributed by atoms with Crippen molar-refractivity contribution in [1.29, 1.82) is 0 Å². The molecule has 0 radical (unpaired) electrons. The van der Waals surface area contributed by atoms with Gasteiger partial charge in [0, 0.05) is 23.9 Å². The molecule has 0 aromatic heterocycles. The Morgan fingerprint density at radius 2 is 1.94 bits per heavy atom. The molecule has 0 spiro atoms. The fourth-order valence-corrected chi connectivity index (χ4v) is 8.04. The highest BCUT2D eigenvalue weighted by atomic mass is 19.1. The number of carbonyl (C=O) groups excluding carboxylic acids is 2. The molecule has 0 aromatic rings. The minimum atomic E-state index is -2.21. The van der Waals surface area contributed by atoms with Gasteiger partial charge in [-0.1, -0.05) is 13.0 Å². The summed E-state index contributed by atoms with van der Waals surface area (Å²) in [4.78, 5) is 25.5. The van der Waals surface area contributed by atoms with Crippen LogP contribution in [0.2, 0.25) is 0 Å². The van der Waals surface area contributed by atoms with Crippen LogP contribution in [0, 0.1) is 22.7 Å².